The number of rotatable bonds is 4. The fraction of sp³-hybridized carbons (Fsp3) is 0.458. The molecule has 3 aliphatic rings. The van der Waals surface area contributed by atoms with E-state index in [1.807, 2.05) is 24.5 Å². The van der Waals surface area contributed by atoms with Crippen LogP contribution in [0.15, 0.2) is 42.7 Å². The molecule has 0 spiro atoms. The molecule has 0 aliphatic carbocycles. The predicted octanol–water partition coefficient (Wildman–Crippen LogP) is 3.93. The zero-order chi connectivity index (χ0) is 28.8. The van der Waals surface area contributed by atoms with Gasteiger partial charge in [0.05, 0.1) is 0 Å². The maximum atomic E-state index is 10.6. The largest absolute Gasteiger partial charge is 0.490 e. The van der Waals surface area contributed by atoms with Crippen LogP contribution in [0.1, 0.15) is 24.0 Å². The lowest BCUT2D eigenvalue weighted by molar-refractivity contribution is -0.193. The fourth-order valence-electron chi connectivity index (χ4n) is 4.56. The van der Waals surface area contributed by atoms with Gasteiger partial charge in [0.25, 0.3) is 0 Å². The highest BCUT2D eigenvalue weighted by atomic mass is 19.4. The van der Waals surface area contributed by atoms with Crippen LogP contribution in [0.2, 0.25) is 0 Å². The molecule has 2 saturated heterocycles. The number of hydrogen-bond donors (Lipinski definition) is 2. The Morgan fingerprint density at radius 1 is 0.846 bits per heavy atom. The molecule has 0 unspecified atom stereocenters. The van der Waals surface area contributed by atoms with Crippen LogP contribution in [0.4, 0.5) is 26.3 Å². The van der Waals surface area contributed by atoms with E-state index in [9.17, 15) is 26.3 Å². The van der Waals surface area contributed by atoms with Crippen molar-refractivity contribution in [3.05, 3.63) is 53.9 Å². The van der Waals surface area contributed by atoms with E-state index in [1.165, 1.54) is 37.1 Å². The second-order valence-corrected chi connectivity index (χ2v) is 8.81. The van der Waals surface area contributed by atoms with Crippen LogP contribution in [0, 0.1) is 0 Å². The Morgan fingerprint density at radius 2 is 1.36 bits per heavy atom. The van der Waals surface area contributed by atoms with Crippen molar-refractivity contribution in [1.29, 1.82) is 0 Å². The first-order valence-electron chi connectivity index (χ1n) is 11.6. The lowest BCUT2D eigenvalue weighted by atomic mass is 10.1. The Bertz CT molecular complexity index is 1110. The Labute approximate surface area is 218 Å². The smallest absolute Gasteiger partial charge is 0.475 e. The molecule has 9 nitrogen and oxygen atoms in total. The number of ether oxygens (including phenoxy) is 2. The predicted molar refractivity (Wildman–Crippen MR) is 122 cm³/mol. The highest BCUT2D eigenvalue weighted by molar-refractivity contribution is 5.73. The van der Waals surface area contributed by atoms with E-state index >= 15 is 0 Å². The molecule has 214 valence electrons. The minimum atomic E-state index is -5.08. The molecule has 0 radical (unpaired) electrons. The number of carboxylic acid groups (broad SMARTS) is 2. The van der Waals surface area contributed by atoms with Gasteiger partial charge in [0.15, 0.2) is 11.5 Å². The van der Waals surface area contributed by atoms with E-state index < -0.39 is 24.3 Å². The average molecular weight is 565 g/mol. The van der Waals surface area contributed by atoms with Crippen LogP contribution in [0.3, 0.4) is 0 Å². The molecule has 1 aromatic heterocycles. The Morgan fingerprint density at radius 3 is 1.85 bits per heavy atom. The molecular weight excluding hydrogens is 540 g/mol. The standard InChI is InChI=1S/C20H23N3O2.2C2HF3O2/c1-2-16(11-21-7-1)13-23-9-6-17-18(23)5-8-22(17)12-15-3-4-19-20(10-15)25-14-24-19;2*3-2(4,5)1(6)7/h1-4,7,10-11,17-18H,5-6,8-9,12-14H2;2*(H,6,7)/t17-,18+;;/m1../s1. The summed E-state index contributed by atoms with van der Waals surface area (Å²) in [5.74, 6) is -3.76. The second-order valence-electron chi connectivity index (χ2n) is 8.81. The van der Waals surface area contributed by atoms with Crippen LogP contribution >= 0.6 is 0 Å². The number of benzene rings is 1. The van der Waals surface area contributed by atoms with Crippen molar-refractivity contribution in [2.24, 2.45) is 0 Å². The number of carboxylic acids is 2. The van der Waals surface area contributed by atoms with Gasteiger partial charge in [-0.2, -0.15) is 26.3 Å². The van der Waals surface area contributed by atoms with Gasteiger partial charge in [-0.3, -0.25) is 14.8 Å². The Hall–Kier alpha value is -3.59. The monoisotopic (exact) mass is 565 g/mol. The fourth-order valence-corrected chi connectivity index (χ4v) is 4.56. The van der Waals surface area contributed by atoms with Gasteiger partial charge in [0.1, 0.15) is 0 Å². The topological polar surface area (TPSA) is 112 Å². The van der Waals surface area contributed by atoms with Crippen molar-refractivity contribution in [2.45, 2.75) is 50.4 Å². The highest BCUT2D eigenvalue weighted by Crippen LogP contribution is 2.36. The Kier molecular flexibility index (Phi) is 9.61. The summed E-state index contributed by atoms with van der Waals surface area (Å²) in [6.07, 6.45) is -3.81. The zero-order valence-corrected chi connectivity index (χ0v) is 20.3. The van der Waals surface area contributed by atoms with Gasteiger partial charge in [-0.05, 0) is 42.2 Å². The maximum Gasteiger partial charge on any atom is 0.490 e. The van der Waals surface area contributed by atoms with E-state index in [0.717, 1.165) is 24.6 Å². The molecule has 39 heavy (non-hydrogen) atoms. The highest BCUT2D eigenvalue weighted by Gasteiger charge is 2.42. The van der Waals surface area contributed by atoms with Gasteiger partial charge < -0.3 is 19.7 Å². The van der Waals surface area contributed by atoms with E-state index in [-0.39, 0.29) is 0 Å². The molecular formula is C24H25F6N3O6. The Balaban J connectivity index is 0.000000251. The van der Waals surface area contributed by atoms with Crippen molar-refractivity contribution in [3.8, 4) is 11.5 Å². The van der Waals surface area contributed by atoms with Gasteiger partial charge in [-0.15, -0.1) is 0 Å². The normalized spacial score (nSPS) is 20.4. The first-order valence-corrected chi connectivity index (χ1v) is 11.6. The number of aromatic nitrogens is 1. The zero-order valence-electron chi connectivity index (χ0n) is 20.3. The summed E-state index contributed by atoms with van der Waals surface area (Å²) in [4.78, 5) is 27.3. The van der Waals surface area contributed by atoms with Crippen LogP contribution < -0.4 is 9.47 Å². The summed E-state index contributed by atoms with van der Waals surface area (Å²) in [5, 5.41) is 14.2. The number of halogens is 6. The number of hydrogen-bond acceptors (Lipinski definition) is 7. The number of fused-ring (bicyclic) bond motifs is 2. The van der Waals surface area contributed by atoms with E-state index in [4.69, 9.17) is 29.3 Å². The SMILES string of the molecule is O=C(O)C(F)(F)F.O=C(O)C(F)(F)F.c1cncc(CN2CC[C@@H]3[C@@H]2CCN3Cc2ccc3c(c2)OCO3)c1. The number of likely N-dealkylation sites (tertiary alicyclic amines) is 2. The summed E-state index contributed by atoms with van der Waals surface area (Å²) in [5.41, 5.74) is 2.63. The van der Waals surface area contributed by atoms with Crippen molar-refractivity contribution in [1.82, 2.24) is 14.8 Å². The molecule has 0 saturated carbocycles. The number of nitrogens with zero attached hydrogens (tertiary/aromatic N) is 3. The number of aliphatic carboxylic acids is 2. The number of carbonyl (C=O) groups is 2. The molecule has 2 atom stereocenters. The first kappa shape index (κ1) is 30.0. The van der Waals surface area contributed by atoms with E-state index in [1.54, 1.807) is 0 Å². The quantitative estimate of drug-likeness (QED) is 0.533. The van der Waals surface area contributed by atoms with Crippen LogP contribution in [0.25, 0.3) is 0 Å². The van der Waals surface area contributed by atoms with Crippen LogP contribution in [-0.2, 0) is 22.7 Å². The van der Waals surface area contributed by atoms with Crippen molar-refractivity contribution >= 4 is 11.9 Å². The third kappa shape index (κ3) is 8.45. The van der Waals surface area contributed by atoms with Crippen LogP contribution in [-0.4, -0.2) is 81.3 Å². The van der Waals surface area contributed by atoms with Crippen molar-refractivity contribution < 1.29 is 55.6 Å². The summed E-state index contributed by atoms with van der Waals surface area (Å²) < 4.78 is 74.4. The molecule has 3 aliphatic heterocycles. The lowest BCUT2D eigenvalue weighted by Gasteiger charge is -2.25. The minimum Gasteiger partial charge on any atom is -0.475 e. The van der Waals surface area contributed by atoms with Gasteiger partial charge in [0, 0.05) is 50.7 Å². The lowest BCUT2D eigenvalue weighted by Crippen LogP contribution is -2.36. The molecule has 5 rings (SSSR count). The van der Waals surface area contributed by atoms with E-state index in [0.29, 0.717) is 18.9 Å². The van der Waals surface area contributed by atoms with Crippen molar-refractivity contribution in [3.63, 3.8) is 0 Å². The molecule has 0 bridgehead atoms. The third-order valence-electron chi connectivity index (χ3n) is 6.22. The number of alkyl halides is 6. The summed E-state index contributed by atoms with van der Waals surface area (Å²) in [7, 11) is 0. The van der Waals surface area contributed by atoms with Crippen molar-refractivity contribution in [2.75, 3.05) is 19.9 Å². The van der Waals surface area contributed by atoms with Gasteiger partial charge >= 0.3 is 24.3 Å². The number of pyridine rings is 1. The van der Waals surface area contributed by atoms with E-state index in [2.05, 4.69) is 33.0 Å². The summed E-state index contributed by atoms with van der Waals surface area (Å²) >= 11 is 0. The van der Waals surface area contributed by atoms with Gasteiger partial charge in [0.2, 0.25) is 6.79 Å². The first-order chi connectivity index (χ1) is 18.3. The minimum absolute atomic E-state index is 0.344. The third-order valence-corrected chi connectivity index (χ3v) is 6.22. The molecule has 0 amide bonds. The van der Waals surface area contributed by atoms with Gasteiger partial charge in [-0.1, -0.05) is 12.1 Å². The molecule has 4 heterocycles. The molecule has 1 aromatic carbocycles. The molecule has 15 heteroatoms. The summed E-state index contributed by atoms with van der Waals surface area (Å²) in [6.45, 7) is 4.72. The summed E-state index contributed by atoms with van der Waals surface area (Å²) in [6, 6.07) is 11.9. The maximum absolute atomic E-state index is 10.6. The molecule has 2 aromatic rings. The average Bonchev–Trinajstić information content (AvgIpc) is 3.58. The molecule has 2 N–H and O–H groups in total. The van der Waals surface area contributed by atoms with Gasteiger partial charge in [-0.25, -0.2) is 9.59 Å². The second kappa shape index (κ2) is 12.5. The molecule has 2 fully saturated rings. The van der Waals surface area contributed by atoms with Crippen LogP contribution in [0.5, 0.6) is 11.5 Å².